The van der Waals surface area contributed by atoms with Crippen molar-refractivity contribution in [3.8, 4) is 6.07 Å². The van der Waals surface area contributed by atoms with Crippen LogP contribution in [0.25, 0.3) is 0 Å². The van der Waals surface area contributed by atoms with Gasteiger partial charge in [-0.1, -0.05) is 110 Å². The molecule has 2 rings (SSSR count). The molecule has 0 bridgehead atoms. The van der Waals surface area contributed by atoms with Crippen LogP contribution in [0.3, 0.4) is 0 Å². The van der Waals surface area contributed by atoms with Crippen molar-refractivity contribution in [1.29, 1.82) is 5.26 Å². The van der Waals surface area contributed by atoms with Gasteiger partial charge in [-0.25, -0.2) is 0 Å². The lowest BCUT2D eigenvalue weighted by Crippen LogP contribution is -2.32. The Bertz CT molecular complexity index is 428. The molecule has 28 heavy (non-hydrogen) atoms. The van der Waals surface area contributed by atoms with Gasteiger partial charge >= 0.3 is 0 Å². The van der Waals surface area contributed by atoms with Crippen LogP contribution in [0.4, 0.5) is 0 Å². The third kappa shape index (κ3) is 8.08. The van der Waals surface area contributed by atoms with Crippen LogP contribution in [0.2, 0.25) is 0 Å². The predicted octanol–water partition coefficient (Wildman–Crippen LogP) is 9.21. The maximum atomic E-state index is 10.0. The Labute approximate surface area is 177 Å². The van der Waals surface area contributed by atoms with Gasteiger partial charge in [0.1, 0.15) is 0 Å². The van der Waals surface area contributed by atoms with Gasteiger partial charge in [-0.05, 0) is 49.9 Å². The standard InChI is InChI=1S/C27H49N/c1-3-5-7-9-11-14-24-16-18-25(19-17-24)26-15-13-21-27(22-26,23-28)20-12-10-8-6-4-2/h24-26H,3-22H2,1-2H3/t24-,25-,26?,27?. The lowest BCUT2D eigenvalue weighted by Gasteiger charge is -2.42. The van der Waals surface area contributed by atoms with E-state index in [4.69, 9.17) is 0 Å². The highest BCUT2D eigenvalue weighted by molar-refractivity contribution is 5.03. The smallest absolute Gasteiger partial charge is 0.0689 e. The molecule has 0 N–H and O–H groups in total. The van der Waals surface area contributed by atoms with Crippen molar-refractivity contribution in [3.05, 3.63) is 0 Å². The fourth-order valence-corrected chi connectivity index (χ4v) is 6.25. The first-order valence-corrected chi connectivity index (χ1v) is 13.1. The molecule has 2 saturated carbocycles. The zero-order chi connectivity index (χ0) is 20.1. The van der Waals surface area contributed by atoms with Gasteiger partial charge in [-0.2, -0.15) is 5.26 Å². The van der Waals surface area contributed by atoms with Gasteiger partial charge in [0.15, 0.2) is 0 Å². The molecule has 0 aromatic rings. The second-order valence-electron chi connectivity index (χ2n) is 10.4. The average Bonchev–Trinajstić information content (AvgIpc) is 2.74. The van der Waals surface area contributed by atoms with Crippen molar-refractivity contribution in [1.82, 2.24) is 0 Å². The van der Waals surface area contributed by atoms with E-state index in [1.165, 1.54) is 128 Å². The van der Waals surface area contributed by atoms with Crippen molar-refractivity contribution in [2.24, 2.45) is 23.2 Å². The van der Waals surface area contributed by atoms with Gasteiger partial charge < -0.3 is 0 Å². The number of hydrogen-bond donors (Lipinski definition) is 0. The summed E-state index contributed by atoms with van der Waals surface area (Å²) < 4.78 is 0. The molecule has 162 valence electrons. The zero-order valence-electron chi connectivity index (χ0n) is 19.3. The van der Waals surface area contributed by atoms with E-state index in [2.05, 4.69) is 19.9 Å². The normalized spacial score (nSPS) is 30.8. The highest BCUT2D eigenvalue weighted by Crippen LogP contribution is 2.48. The van der Waals surface area contributed by atoms with Crippen molar-refractivity contribution < 1.29 is 0 Å². The minimum atomic E-state index is 0.0330. The van der Waals surface area contributed by atoms with Crippen LogP contribution < -0.4 is 0 Å². The molecule has 2 aliphatic rings. The zero-order valence-corrected chi connectivity index (χ0v) is 19.3. The van der Waals surface area contributed by atoms with Gasteiger partial charge in [0, 0.05) is 0 Å². The molecule has 2 atom stereocenters. The summed E-state index contributed by atoms with van der Waals surface area (Å²) in [6.45, 7) is 4.59. The SMILES string of the molecule is CCCCCCCC1(C#N)CCCC([C@H]2CC[C@H](CCCCCCC)CC2)C1. The Balaban J connectivity index is 1.69. The molecule has 0 heterocycles. The van der Waals surface area contributed by atoms with Crippen LogP contribution in [-0.2, 0) is 0 Å². The van der Waals surface area contributed by atoms with Crippen LogP contribution >= 0.6 is 0 Å². The van der Waals surface area contributed by atoms with Crippen LogP contribution in [0, 0.1) is 34.5 Å². The first-order chi connectivity index (χ1) is 13.7. The van der Waals surface area contributed by atoms with Gasteiger partial charge in [-0.15, -0.1) is 0 Å². The molecule has 1 nitrogen and oxygen atoms in total. The highest BCUT2D eigenvalue weighted by atomic mass is 14.5. The van der Waals surface area contributed by atoms with E-state index in [0.29, 0.717) is 0 Å². The third-order valence-corrected chi connectivity index (χ3v) is 8.15. The first kappa shape index (κ1) is 23.8. The van der Waals surface area contributed by atoms with E-state index in [-0.39, 0.29) is 5.41 Å². The largest absolute Gasteiger partial charge is 0.198 e. The molecule has 1 heteroatoms. The number of nitrogens with zero attached hydrogens (tertiary/aromatic N) is 1. The molecular weight excluding hydrogens is 338 g/mol. The molecule has 2 aliphatic carbocycles. The summed E-state index contributed by atoms with van der Waals surface area (Å²) in [5, 5.41) is 10.0. The Morgan fingerprint density at radius 2 is 1.39 bits per heavy atom. The lowest BCUT2D eigenvalue weighted by molar-refractivity contribution is 0.102. The first-order valence-electron chi connectivity index (χ1n) is 13.1. The van der Waals surface area contributed by atoms with E-state index < -0.39 is 0 Å². The summed E-state index contributed by atoms with van der Waals surface area (Å²) in [5.41, 5.74) is 0.0330. The highest BCUT2D eigenvalue weighted by Gasteiger charge is 2.39. The monoisotopic (exact) mass is 387 g/mol. The van der Waals surface area contributed by atoms with Crippen LogP contribution in [0.15, 0.2) is 0 Å². The van der Waals surface area contributed by atoms with Crippen molar-refractivity contribution in [2.45, 2.75) is 142 Å². The molecule has 2 unspecified atom stereocenters. The van der Waals surface area contributed by atoms with E-state index in [9.17, 15) is 5.26 Å². The van der Waals surface area contributed by atoms with Crippen LogP contribution in [0.5, 0.6) is 0 Å². The van der Waals surface area contributed by atoms with Crippen molar-refractivity contribution >= 4 is 0 Å². The molecule has 0 radical (unpaired) electrons. The summed E-state index contributed by atoms with van der Waals surface area (Å²) in [6, 6.07) is 2.83. The molecule has 0 saturated heterocycles. The fraction of sp³-hybridized carbons (Fsp3) is 0.963. The van der Waals surface area contributed by atoms with Gasteiger partial charge in [0.25, 0.3) is 0 Å². The summed E-state index contributed by atoms with van der Waals surface area (Å²) in [4.78, 5) is 0. The molecule has 2 fully saturated rings. The molecule has 0 aromatic carbocycles. The Hall–Kier alpha value is -0.510. The summed E-state index contributed by atoms with van der Waals surface area (Å²) >= 11 is 0. The summed E-state index contributed by atoms with van der Waals surface area (Å²) in [7, 11) is 0. The Morgan fingerprint density at radius 3 is 2.04 bits per heavy atom. The minimum absolute atomic E-state index is 0.0330. The van der Waals surface area contributed by atoms with Gasteiger partial charge in [-0.3, -0.25) is 0 Å². The summed E-state index contributed by atoms with van der Waals surface area (Å²) in [5.74, 6) is 2.81. The fourth-order valence-electron chi connectivity index (χ4n) is 6.25. The quantitative estimate of drug-likeness (QED) is 0.289. The van der Waals surface area contributed by atoms with Crippen molar-refractivity contribution in [3.63, 3.8) is 0 Å². The topological polar surface area (TPSA) is 23.8 Å². The second kappa shape index (κ2) is 13.7. The van der Waals surface area contributed by atoms with E-state index in [1.54, 1.807) is 0 Å². The molecule has 0 aromatic heterocycles. The number of rotatable bonds is 13. The number of unbranched alkanes of at least 4 members (excludes halogenated alkanes) is 8. The maximum Gasteiger partial charge on any atom is 0.0689 e. The Kier molecular flexibility index (Phi) is 11.6. The van der Waals surface area contributed by atoms with E-state index in [0.717, 1.165) is 17.8 Å². The molecule has 0 spiro atoms. The van der Waals surface area contributed by atoms with Gasteiger partial charge in [0.05, 0.1) is 11.5 Å². The number of hydrogen-bond acceptors (Lipinski definition) is 1. The second-order valence-corrected chi connectivity index (χ2v) is 10.4. The number of nitriles is 1. The van der Waals surface area contributed by atoms with E-state index in [1.807, 2.05) is 0 Å². The van der Waals surface area contributed by atoms with Crippen LogP contribution in [-0.4, -0.2) is 0 Å². The van der Waals surface area contributed by atoms with Gasteiger partial charge in [0.2, 0.25) is 0 Å². The molecular formula is C27H49N. The average molecular weight is 388 g/mol. The van der Waals surface area contributed by atoms with Crippen LogP contribution in [0.1, 0.15) is 142 Å². The van der Waals surface area contributed by atoms with Crippen molar-refractivity contribution in [2.75, 3.05) is 0 Å². The maximum absolute atomic E-state index is 10.0. The molecule has 0 aliphatic heterocycles. The summed E-state index contributed by atoms with van der Waals surface area (Å²) in [6.07, 6.45) is 27.5. The third-order valence-electron chi connectivity index (χ3n) is 8.15. The van der Waals surface area contributed by atoms with E-state index >= 15 is 0 Å². The lowest BCUT2D eigenvalue weighted by atomic mass is 9.62. The Morgan fingerprint density at radius 1 is 0.750 bits per heavy atom. The minimum Gasteiger partial charge on any atom is -0.198 e. The molecule has 0 amide bonds. The predicted molar refractivity (Wildman–Crippen MR) is 122 cm³/mol.